The molecular formula is C19H26N4O. The highest BCUT2D eigenvalue weighted by Crippen LogP contribution is 2.26. The molecule has 3 N–H and O–H groups in total. The average molecular weight is 326 g/mol. The first-order valence-corrected chi connectivity index (χ1v) is 8.68. The van der Waals surface area contributed by atoms with E-state index in [4.69, 9.17) is 0 Å². The van der Waals surface area contributed by atoms with Crippen LogP contribution in [0.15, 0.2) is 24.3 Å². The van der Waals surface area contributed by atoms with Crippen molar-refractivity contribution in [3.05, 3.63) is 52.5 Å². The predicted molar refractivity (Wildman–Crippen MR) is 96.3 cm³/mol. The van der Waals surface area contributed by atoms with Crippen molar-refractivity contribution in [1.82, 2.24) is 15.3 Å². The molecule has 0 radical (unpaired) electrons. The minimum absolute atomic E-state index is 0.0465. The van der Waals surface area contributed by atoms with Crippen LogP contribution in [0.1, 0.15) is 40.7 Å². The molecule has 3 rings (SSSR count). The van der Waals surface area contributed by atoms with Gasteiger partial charge in [0.15, 0.2) is 0 Å². The summed E-state index contributed by atoms with van der Waals surface area (Å²) in [5, 5.41) is 16.5. The van der Waals surface area contributed by atoms with Gasteiger partial charge in [0, 0.05) is 25.1 Å². The molecule has 2 aromatic rings. The van der Waals surface area contributed by atoms with E-state index in [1.54, 1.807) is 0 Å². The van der Waals surface area contributed by atoms with Crippen molar-refractivity contribution in [1.29, 1.82) is 0 Å². The van der Waals surface area contributed by atoms with Crippen LogP contribution in [0.4, 0.5) is 5.82 Å². The number of aryl methyl sites for hydroxylation is 2. The molecule has 1 aromatic heterocycles. The zero-order chi connectivity index (χ0) is 16.9. The van der Waals surface area contributed by atoms with E-state index >= 15 is 0 Å². The van der Waals surface area contributed by atoms with Crippen LogP contribution in [0.5, 0.6) is 0 Å². The van der Waals surface area contributed by atoms with Gasteiger partial charge in [0.05, 0.1) is 11.7 Å². The second-order valence-corrected chi connectivity index (χ2v) is 6.41. The average Bonchev–Trinajstić information content (AvgIpc) is 2.80. The van der Waals surface area contributed by atoms with Crippen molar-refractivity contribution in [2.45, 2.75) is 39.2 Å². The summed E-state index contributed by atoms with van der Waals surface area (Å²) in [6.45, 7) is 6.07. The molecule has 1 atom stereocenters. The van der Waals surface area contributed by atoms with Crippen LogP contribution in [0.2, 0.25) is 0 Å². The molecule has 0 bridgehead atoms. The van der Waals surface area contributed by atoms with E-state index in [0.717, 1.165) is 43.3 Å². The summed E-state index contributed by atoms with van der Waals surface area (Å²) in [6, 6.07) is 8.51. The highest BCUT2D eigenvalue weighted by atomic mass is 16.3. The zero-order valence-electron chi connectivity index (χ0n) is 14.5. The Bertz CT molecular complexity index is 685. The first kappa shape index (κ1) is 16.9. The molecule has 1 aromatic carbocycles. The molecule has 2 heterocycles. The van der Waals surface area contributed by atoms with E-state index in [1.165, 1.54) is 16.7 Å². The topological polar surface area (TPSA) is 70.1 Å². The Morgan fingerprint density at radius 3 is 2.62 bits per heavy atom. The van der Waals surface area contributed by atoms with Gasteiger partial charge in [-0.1, -0.05) is 29.8 Å². The van der Waals surface area contributed by atoms with E-state index in [1.807, 2.05) is 6.92 Å². The molecule has 5 heteroatoms. The summed E-state index contributed by atoms with van der Waals surface area (Å²) in [5.41, 5.74) is 4.76. The van der Waals surface area contributed by atoms with Gasteiger partial charge in [-0.2, -0.15) is 0 Å². The summed E-state index contributed by atoms with van der Waals surface area (Å²) < 4.78 is 0. The van der Waals surface area contributed by atoms with Crippen LogP contribution in [0, 0.1) is 13.8 Å². The first-order valence-electron chi connectivity index (χ1n) is 8.68. The minimum atomic E-state index is 0.0465. The molecule has 0 aliphatic carbocycles. The van der Waals surface area contributed by atoms with Crippen molar-refractivity contribution in [3.8, 4) is 0 Å². The predicted octanol–water partition coefficient (Wildman–Crippen LogP) is 2.32. The summed E-state index contributed by atoms with van der Waals surface area (Å²) >= 11 is 0. The molecule has 0 saturated carbocycles. The maximum atomic E-state index is 9.49. The molecule has 1 aliphatic heterocycles. The number of fused-ring (bicyclic) bond motifs is 1. The third kappa shape index (κ3) is 3.91. The molecule has 0 spiro atoms. The fraction of sp³-hybridized carbons (Fsp3) is 0.474. The first-order chi connectivity index (χ1) is 11.7. The third-order valence-corrected chi connectivity index (χ3v) is 4.50. The van der Waals surface area contributed by atoms with E-state index in [-0.39, 0.29) is 12.6 Å². The quantitative estimate of drug-likeness (QED) is 0.787. The molecule has 5 nitrogen and oxygen atoms in total. The lowest BCUT2D eigenvalue weighted by atomic mass is 10.0. The third-order valence-electron chi connectivity index (χ3n) is 4.50. The number of aliphatic hydroxyl groups excluding tert-OH is 1. The van der Waals surface area contributed by atoms with Crippen molar-refractivity contribution in [2.24, 2.45) is 0 Å². The normalized spacial score (nSPS) is 15.5. The second kappa shape index (κ2) is 7.73. The number of hydrogen-bond acceptors (Lipinski definition) is 5. The standard InChI is InChI=1S/C19H26N4O/c1-13-3-5-15(6-4-13)17(9-12-24)23-19-16-7-10-20-11-8-18(16)21-14(2)22-19/h3-6,17,20,24H,7-12H2,1-2H3,(H,21,22,23). The van der Waals surface area contributed by atoms with Gasteiger partial charge in [-0.15, -0.1) is 0 Å². The number of aromatic nitrogens is 2. The van der Waals surface area contributed by atoms with Gasteiger partial charge in [0.25, 0.3) is 0 Å². The lowest BCUT2D eigenvalue weighted by molar-refractivity contribution is 0.280. The van der Waals surface area contributed by atoms with Gasteiger partial charge in [-0.25, -0.2) is 9.97 Å². The second-order valence-electron chi connectivity index (χ2n) is 6.41. The van der Waals surface area contributed by atoms with Crippen LogP contribution >= 0.6 is 0 Å². The molecule has 0 fully saturated rings. The maximum Gasteiger partial charge on any atom is 0.133 e. The Morgan fingerprint density at radius 2 is 1.88 bits per heavy atom. The summed E-state index contributed by atoms with van der Waals surface area (Å²) in [6.07, 6.45) is 2.51. The number of hydrogen-bond donors (Lipinski definition) is 3. The van der Waals surface area contributed by atoms with Gasteiger partial charge in [0.1, 0.15) is 11.6 Å². The molecule has 24 heavy (non-hydrogen) atoms. The van der Waals surface area contributed by atoms with Crippen LogP contribution in [0.3, 0.4) is 0 Å². The van der Waals surface area contributed by atoms with E-state index in [9.17, 15) is 5.11 Å². The highest BCUT2D eigenvalue weighted by molar-refractivity contribution is 5.49. The number of nitrogens with one attached hydrogen (secondary N) is 2. The van der Waals surface area contributed by atoms with Crippen molar-refractivity contribution < 1.29 is 5.11 Å². The summed E-state index contributed by atoms with van der Waals surface area (Å²) in [5.74, 6) is 1.71. The van der Waals surface area contributed by atoms with E-state index in [2.05, 4.69) is 51.8 Å². The van der Waals surface area contributed by atoms with Crippen LogP contribution in [-0.2, 0) is 12.8 Å². The smallest absolute Gasteiger partial charge is 0.133 e. The van der Waals surface area contributed by atoms with E-state index in [0.29, 0.717) is 6.42 Å². The molecular weight excluding hydrogens is 300 g/mol. The van der Waals surface area contributed by atoms with Gasteiger partial charge in [-0.3, -0.25) is 0 Å². The zero-order valence-corrected chi connectivity index (χ0v) is 14.5. The Morgan fingerprint density at radius 1 is 1.12 bits per heavy atom. The summed E-state index contributed by atoms with van der Waals surface area (Å²) in [7, 11) is 0. The fourth-order valence-corrected chi connectivity index (χ4v) is 3.20. The van der Waals surface area contributed by atoms with Crippen molar-refractivity contribution in [3.63, 3.8) is 0 Å². The lowest BCUT2D eigenvalue weighted by Crippen LogP contribution is -2.17. The number of rotatable bonds is 5. The fourth-order valence-electron chi connectivity index (χ4n) is 3.20. The highest BCUT2D eigenvalue weighted by Gasteiger charge is 2.19. The Kier molecular flexibility index (Phi) is 5.43. The lowest BCUT2D eigenvalue weighted by Gasteiger charge is -2.22. The molecule has 1 unspecified atom stereocenters. The van der Waals surface area contributed by atoms with Crippen molar-refractivity contribution in [2.75, 3.05) is 25.0 Å². The Labute approximate surface area is 143 Å². The largest absolute Gasteiger partial charge is 0.396 e. The van der Waals surface area contributed by atoms with Gasteiger partial charge in [0.2, 0.25) is 0 Å². The SMILES string of the molecule is Cc1ccc(C(CCO)Nc2nc(C)nc3c2CCNCC3)cc1. The molecule has 0 amide bonds. The molecule has 128 valence electrons. The van der Waals surface area contributed by atoms with Crippen LogP contribution in [-0.4, -0.2) is 34.8 Å². The number of aliphatic hydroxyl groups is 1. The van der Waals surface area contributed by atoms with Gasteiger partial charge in [-0.05, 0) is 38.8 Å². The van der Waals surface area contributed by atoms with Crippen molar-refractivity contribution >= 4 is 5.82 Å². The minimum Gasteiger partial charge on any atom is -0.396 e. The Hall–Kier alpha value is -1.98. The van der Waals surface area contributed by atoms with E-state index < -0.39 is 0 Å². The van der Waals surface area contributed by atoms with Crippen LogP contribution in [0.25, 0.3) is 0 Å². The number of anilines is 1. The number of nitrogens with zero attached hydrogens (tertiary/aromatic N) is 2. The molecule has 0 saturated heterocycles. The number of benzene rings is 1. The molecule has 1 aliphatic rings. The Balaban J connectivity index is 1.92. The maximum absolute atomic E-state index is 9.49. The van der Waals surface area contributed by atoms with Crippen LogP contribution < -0.4 is 10.6 Å². The summed E-state index contributed by atoms with van der Waals surface area (Å²) in [4.78, 5) is 9.29. The van der Waals surface area contributed by atoms with Gasteiger partial charge >= 0.3 is 0 Å². The monoisotopic (exact) mass is 326 g/mol. The van der Waals surface area contributed by atoms with Gasteiger partial charge < -0.3 is 15.7 Å².